The largest absolute Gasteiger partial charge is 0.314 e. The van der Waals surface area contributed by atoms with Crippen molar-refractivity contribution in [3.8, 4) is 0 Å². The molecule has 3 nitrogen and oxygen atoms in total. The molecule has 1 aliphatic rings. The number of pyridine rings is 1. The van der Waals surface area contributed by atoms with Crippen LogP contribution in [0.3, 0.4) is 0 Å². The van der Waals surface area contributed by atoms with Crippen LogP contribution in [0.4, 0.5) is 0 Å². The molecule has 1 atom stereocenters. The second-order valence-electron chi connectivity index (χ2n) is 4.39. The normalized spacial score (nSPS) is 22.9. The maximum Gasteiger partial charge on any atom is 0.0313 e. The SMILES string of the molecule is Cc1cncc(CN2CCNC[C@@H]2C)c1. The van der Waals surface area contributed by atoms with Crippen LogP contribution in [0, 0.1) is 6.92 Å². The molecule has 0 amide bonds. The zero-order valence-corrected chi connectivity index (χ0v) is 9.53. The first-order valence-corrected chi connectivity index (χ1v) is 5.61. The molecule has 1 saturated heterocycles. The molecular formula is C12H19N3. The predicted octanol–water partition coefficient (Wildman–Crippen LogP) is 1.18. The summed E-state index contributed by atoms with van der Waals surface area (Å²) in [4.78, 5) is 6.74. The summed E-state index contributed by atoms with van der Waals surface area (Å²) >= 11 is 0. The topological polar surface area (TPSA) is 28.2 Å². The van der Waals surface area contributed by atoms with Crippen LogP contribution in [0.5, 0.6) is 0 Å². The number of rotatable bonds is 2. The molecule has 1 N–H and O–H groups in total. The van der Waals surface area contributed by atoms with Crippen molar-refractivity contribution < 1.29 is 0 Å². The van der Waals surface area contributed by atoms with Crippen LogP contribution in [-0.4, -0.2) is 35.6 Å². The van der Waals surface area contributed by atoms with Crippen LogP contribution in [-0.2, 0) is 6.54 Å². The van der Waals surface area contributed by atoms with E-state index in [0.717, 1.165) is 26.2 Å². The van der Waals surface area contributed by atoms with E-state index in [0.29, 0.717) is 6.04 Å². The molecule has 15 heavy (non-hydrogen) atoms. The van der Waals surface area contributed by atoms with Gasteiger partial charge in [0.2, 0.25) is 0 Å². The number of nitrogens with zero attached hydrogens (tertiary/aromatic N) is 2. The maximum atomic E-state index is 4.23. The van der Waals surface area contributed by atoms with E-state index in [2.05, 4.69) is 35.1 Å². The fourth-order valence-electron chi connectivity index (χ4n) is 2.06. The molecule has 1 fully saturated rings. The van der Waals surface area contributed by atoms with Crippen LogP contribution in [0.1, 0.15) is 18.1 Å². The highest BCUT2D eigenvalue weighted by molar-refractivity contribution is 5.16. The van der Waals surface area contributed by atoms with Gasteiger partial charge < -0.3 is 5.32 Å². The van der Waals surface area contributed by atoms with Gasteiger partial charge in [-0.1, -0.05) is 6.07 Å². The highest BCUT2D eigenvalue weighted by Crippen LogP contribution is 2.10. The van der Waals surface area contributed by atoms with E-state index in [-0.39, 0.29) is 0 Å². The number of hydrogen-bond acceptors (Lipinski definition) is 3. The highest BCUT2D eigenvalue weighted by Gasteiger charge is 2.17. The molecule has 0 bridgehead atoms. The van der Waals surface area contributed by atoms with Gasteiger partial charge in [0.15, 0.2) is 0 Å². The summed E-state index contributed by atoms with van der Waals surface area (Å²) in [6.07, 6.45) is 3.88. The van der Waals surface area contributed by atoms with E-state index in [9.17, 15) is 0 Å². The van der Waals surface area contributed by atoms with Crippen LogP contribution in [0.2, 0.25) is 0 Å². The Morgan fingerprint density at radius 2 is 2.40 bits per heavy atom. The third-order valence-corrected chi connectivity index (χ3v) is 2.96. The van der Waals surface area contributed by atoms with Crippen molar-refractivity contribution in [3.05, 3.63) is 29.6 Å². The van der Waals surface area contributed by atoms with Crippen molar-refractivity contribution in [2.24, 2.45) is 0 Å². The molecular weight excluding hydrogens is 186 g/mol. The summed E-state index contributed by atoms with van der Waals surface area (Å²) in [5, 5.41) is 3.40. The van der Waals surface area contributed by atoms with Crippen LogP contribution < -0.4 is 5.32 Å². The molecule has 1 aliphatic heterocycles. The van der Waals surface area contributed by atoms with Crippen LogP contribution in [0.25, 0.3) is 0 Å². The Morgan fingerprint density at radius 3 is 3.13 bits per heavy atom. The molecule has 0 radical (unpaired) electrons. The van der Waals surface area contributed by atoms with Crippen molar-refractivity contribution in [3.63, 3.8) is 0 Å². The van der Waals surface area contributed by atoms with Crippen LogP contribution in [0.15, 0.2) is 18.5 Å². The lowest BCUT2D eigenvalue weighted by Crippen LogP contribution is -2.49. The van der Waals surface area contributed by atoms with Gasteiger partial charge in [0.25, 0.3) is 0 Å². The van der Waals surface area contributed by atoms with Gasteiger partial charge >= 0.3 is 0 Å². The Bertz CT molecular complexity index is 324. The summed E-state index contributed by atoms with van der Waals surface area (Å²) in [5.41, 5.74) is 2.57. The number of piperazine rings is 1. The quantitative estimate of drug-likeness (QED) is 0.786. The Morgan fingerprint density at radius 1 is 1.53 bits per heavy atom. The molecule has 0 spiro atoms. The van der Waals surface area contributed by atoms with Crippen molar-refractivity contribution in [2.45, 2.75) is 26.4 Å². The standard InChI is InChI=1S/C12H19N3/c1-10-5-12(8-14-6-10)9-15-4-3-13-7-11(15)2/h5-6,8,11,13H,3-4,7,9H2,1-2H3/t11-/m0/s1. The van der Waals surface area contributed by atoms with Gasteiger partial charge in [0, 0.05) is 44.6 Å². The molecule has 0 unspecified atom stereocenters. The molecule has 2 heterocycles. The third kappa shape index (κ3) is 2.76. The molecule has 82 valence electrons. The minimum atomic E-state index is 0.624. The number of aromatic nitrogens is 1. The second-order valence-corrected chi connectivity index (χ2v) is 4.39. The van der Waals surface area contributed by atoms with Gasteiger partial charge in [0.1, 0.15) is 0 Å². The average molecular weight is 205 g/mol. The summed E-state index contributed by atoms with van der Waals surface area (Å²) in [6.45, 7) is 8.72. The maximum absolute atomic E-state index is 4.23. The smallest absolute Gasteiger partial charge is 0.0313 e. The Balaban J connectivity index is 2.01. The second kappa shape index (κ2) is 4.73. The number of hydrogen-bond donors (Lipinski definition) is 1. The van der Waals surface area contributed by atoms with Crippen LogP contribution >= 0.6 is 0 Å². The van der Waals surface area contributed by atoms with E-state index in [4.69, 9.17) is 0 Å². The summed E-state index contributed by atoms with van der Waals surface area (Å²) in [5.74, 6) is 0. The first kappa shape index (κ1) is 10.6. The summed E-state index contributed by atoms with van der Waals surface area (Å²) < 4.78 is 0. The molecule has 1 aromatic rings. The number of nitrogens with one attached hydrogen (secondary N) is 1. The van der Waals surface area contributed by atoms with Crippen molar-refractivity contribution in [1.82, 2.24) is 15.2 Å². The molecule has 2 rings (SSSR count). The van der Waals surface area contributed by atoms with Gasteiger partial charge in [-0.25, -0.2) is 0 Å². The molecule has 1 aromatic heterocycles. The third-order valence-electron chi connectivity index (χ3n) is 2.96. The molecule has 0 saturated carbocycles. The minimum Gasteiger partial charge on any atom is -0.314 e. The van der Waals surface area contributed by atoms with Gasteiger partial charge in [0.05, 0.1) is 0 Å². The van der Waals surface area contributed by atoms with Gasteiger partial charge in [-0.15, -0.1) is 0 Å². The van der Waals surface area contributed by atoms with Gasteiger partial charge in [-0.3, -0.25) is 9.88 Å². The van der Waals surface area contributed by atoms with E-state index in [1.54, 1.807) is 0 Å². The lowest BCUT2D eigenvalue weighted by atomic mass is 10.1. The van der Waals surface area contributed by atoms with Gasteiger partial charge in [-0.05, 0) is 25.0 Å². The lowest BCUT2D eigenvalue weighted by Gasteiger charge is -2.33. The predicted molar refractivity (Wildman–Crippen MR) is 61.7 cm³/mol. The summed E-state index contributed by atoms with van der Waals surface area (Å²) in [6, 6.07) is 2.85. The van der Waals surface area contributed by atoms with Crippen molar-refractivity contribution >= 4 is 0 Å². The van der Waals surface area contributed by atoms with E-state index in [1.807, 2.05) is 12.4 Å². The monoisotopic (exact) mass is 205 g/mol. The fraction of sp³-hybridized carbons (Fsp3) is 0.583. The highest BCUT2D eigenvalue weighted by atomic mass is 15.2. The number of aryl methyl sites for hydroxylation is 1. The van der Waals surface area contributed by atoms with E-state index < -0.39 is 0 Å². The van der Waals surface area contributed by atoms with E-state index >= 15 is 0 Å². The minimum absolute atomic E-state index is 0.624. The summed E-state index contributed by atoms with van der Waals surface area (Å²) in [7, 11) is 0. The zero-order valence-electron chi connectivity index (χ0n) is 9.53. The first-order chi connectivity index (χ1) is 7.25. The molecule has 3 heteroatoms. The average Bonchev–Trinajstić information content (AvgIpc) is 2.22. The van der Waals surface area contributed by atoms with E-state index in [1.165, 1.54) is 11.1 Å². The Kier molecular flexibility index (Phi) is 3.34. The fourth-order valence-corrected chi connectivity index (χ4v) is 2.06. The zero-order chi connectivity index (χ0) is 10.7. The van der Waals surface area contributed by atoms with Crippen molar-refractivity contribution in [2.75, 3.05) is 19.6 Å². The van der Waals surface area contributed by atoms with Gasteiger partial charge in [-0.2, -0.15) is 0 Å². The van der Waals surface area contributed by atoms with Crippen molar-refractivity contribution in [1.29, 1.82) is 0 Å². The Labute approximate surface area is 91.5 Å². The molecule has 0 aromatic carbocycles. The first-order valence-electron chi connectivity index (χ1n) is 5.61. The molecule has 0 aliphatic carbocycles. The Hall–Kier alpha value is -0.930. The lowest BCUT2D eigenvalue weighted by molar-refractivity contribution is 0.165.